The fraction of sp³-hybridized carbons (Fsp3) is 0.368. The molecule has 28 heavy (non-hydrogen) atoms. The van der Waals surface area contributed by atoms with Crippen molar-refractivity contribution in [1.29, 1.82) is 0 Å². The van der Waals surface area contributed by atoms with Gasteiger partial charge >= 0.3 is 0 Å². The Morgan fingerprint density at radius 2 is 2.14 bits per heavy atom. The fourth-order valence-corrected chi connectivity index (χ4v) is 2.86. The van der Waals surface area contributed by atoms with Gasteiger partial charge in [-0.1, -0.05) is 5.21 Å². The zero-order chi connectivity index (χ0) is 19.3. The number of ether oxygens (including phenoxy) is 1. The van der Waals surface area contributed by atoms with Gasteiger partial charge < -0.3 is 20.7 Å². The molecule has 0 bridgehead atoms. The predicted octanol–water partition coefficient (Wildman–Crippen LogP) is 2.35. The van der Waals surface area contributed by atoms with Crippen LogP contribution in [-0.4, -0.2) is 45.7 Å². The van der Waals surface area contributed by atoms with Crippen molar-refractivity contribution in [3.8, 4) is 11.4 Å². The van der Waals surface area contributed by atoms with Gasteiger partial charge in [-0.2, -0.15) is 4.98 Å². The molecule has 2 heterocycles. The van der Waals surface area contributed by atoms with E-state index in [1.54, 1.807) is 24.1 Å². The number of nitrogens with one attached hydrogen (secondary N) is 3. The Kier molecular flexibility index (Phi) is 5.34. The van der Waals surface area contributed by atoms with Crippen molar-refractivity contribution in [3.05, 3.63) is 42.4 Å². The normalized spacial score (nSPS) is 13.4. The second-order valence-electron chi connectivity index (χ2n) is 6.76. The second kappa shape index (κ2) is 8.22. The Morgan fingerprint density at radius 3 is 2.93 bits per heavy atom. The van der Waals surface area contributed by atoms with Gasteiger partial charge in [0, 0.05) is 25.5 Å². The molecule has 146 valence electrons. The molecular weight excluding hydrogens is 356 g/mol. The summed E-state index contributed by atoms with van der Waals surface area (Å²) < 4.78 is 7.22. The van der Waals surface area contributed by atoms with Gasteiger partial charge in [0.2, 0.25) is 5.95 Å². The van der Waals surface area contributed by atoms with Gasteiger partial charge in [0.15, 0.2) is 0 Å². The highest BCUT2D eigenvalue weighted by Gasteiger charge is 2.20. The van der Waals surface area contributed by atoms with E-state index in [0.717, 1.165) is 35.3 Å². The molecule has 0 unspecified atom stereocenters. The van der Waals surface area contributed by atoms with Crippen LogP contribution in [0.5, 0.6) is 5.75 Å². The molecule has 9 nitrogen and oxygen atoms in total. The van der Waals surface area contributed by atoms with Gasteiger partial charge in [-0.15, -0.1) is 5.10 Å². The molecule has 0 radical (unpaired) electrons. The van der Waals surface area contributed by atoms with Crippen molar-refractivity contribution in [2.75, 3.05) is 31.3 Å². The van der Waals surface area contributed by atoms with Gasteiger partial charge in [-0.25, -0.2) is 9.67 Å². The number of anilines is 3. The summed E-state index contributed by atoms with van der Waals surface area (Å²) in [7, 11) is 3.46. The van der Waals surface area contributed by atoms with Crippen LogP contribution in [0.1, 0.15) is 18.5 Å². The van der Waals surface area contributed by atoms with Crippen molar-refractivity contribution >= 4 is 17.5 Å². The van der Waals surface area contributed by atoms with Gasteiger partial charge in [0.25, 0.3) is 0 Å². The average molecular weight is 380 g/mol. The predicted molar refractivity (Wildman–Crippen MR) is 107 cm³/mol. The number of nitrogens with zero attached hydrogens (tertiary/aromatic N) is 5. The summed E-state index contributed by atoms with van der Waals surface area (Å²) in [6, 6.07) is 7.53. The maximum Gasteiger partial charge on any atom is 0.229 e. The van der Waals surface area contributed by atoms with E-state index < -0.39 is 0 Å². The number of hydrogen-bond donors (Lipinski definition) is 3. The molecule has 0 amide bonds. The van der Waals surface area contributed by atoms with Crippen LogP contribution in [0.2, 0.25) is 0 Å². The molecule has 1 aliphatic rings. The molecule has 1 fully saturated rings. The standard InChI is InChI=1S/C19H24N8O/c1-20-18-7-8-22-19(24-18)23-14-5-6-17(28-2)16(9-14)27-12-15(25-26-27)11-21-10-13-3-4-13/h5-9,12-13,21H,3-4,10-11H2,1-2H3,(H2,20,22,23,24). The minimum atomic E-state index is 0.506. The number of aromatic nitrogens is 5. The van der Waals surface area contributed by atoms with Crippen molar-refractivity contribution in [3.63, 3.8) is 0 Å². The van der Waals surface area contributed by atoms with Crippen LogP contribution in [-0.2, 0) is 6.54 Å². The van der Waals surface area contributed by atoms with E-state index in [9.17, 15) is 0 Å². The fourth-order valence-electron chi connectivity index (χ4n) is 2.86. The molecular formula is C19H24N8O. The number of hydrogen-bond acceptors (Lipinski definition) is 8. The molecule has 1 aromatic carbocycles. The molecule has 9 heteroatoms. The van der Waals surface area contributed by atoms with E-state index in [0.29, 0.717) is 18.2 Å². The molecule has 1 saturated carbocycles. The van der Waals surface area contributed by atoms with E-state index in [2.05, 4.69) is 36.2 Å². The minimum Gasteiger partial charge on any atom is -0.494 e. The number of methoxy groups -OCH3 is 1. The zero-order valence-electron chi connectivity index (χ0n) is 16.0. The molecule has 3 N–H and O–H groups in total. The summed E-state index contributed by atoms with van der Waals surface area (Å²) in [4.78, 5) is 8.63. The van der Waals surface area contributed by atoms with E-state index in [-0.39, 0.29) is 0 Å². The number of benzene rings is 1. The first kappa shape index (κ1) is 18.2. The molecule has 0 aliphatic heterocycles. The van der Waals surface area contributed by atoms with Crippen molar-refractivity contribution in [1.82, 2.24) is 30.3 Å². The van der Waals surface area contributed by atoms with Crippen LogP contribution in [0.3, 0.4) is 0 Å². The van der Waals surface area contributed by atoms with Crippen molar-refractivity contribution < 1.29 is 4.74 Å². The molecule has 0 atom stereocenters. The van der Waals surface area contributed by atoms with Gasteiger partial charge in [-0.3, -0.25) is 0 Å². The van der Waals surface area contributed by atoms with Crippen LogP contribution >= 0.6 is 0 Å². The summed E-state index contributed by atoms with van der Waals surface area (Å²) in [5, 5.41) is 18.2. The van der Waals surface area contributed by atoms with Crippen LogP contribution in [0.15, 0.2) is 36.7 Å². The van der Waals surface area contributed by atoms with Crippen LogP contribution in [0.4, 0.5) is 17.5 Å². The Bertz CT molecular complexity index is 937. The van der Waals surface area contributed by atoms with Crippen molar-refractivity contribution in [2.24, 2.45) is 5.92 Å². The monoisotopic (exact) mass is 380 g/mol. The van der Waals surface area contributed by atoms with Gasteiger partial charge in [-0.05, 0) is 49.6 Å². The maximum absolute atomic E-state index is 5.50. The quantitative estimate of drug-likeness (QED) is 0.520. The Labute approximate surface area is 163 Å². The Morgan fingerprint density at radius 1 is 1.25 bits per heavy atom. The third kappa shape index (κ3) is 4.37. The highest BCUT2D eigenvalue weighted by atomic mass is 16.5. The highest BCUT2D eigenvalue weighted by molar-refractivity contribution is 5.62. The summed E-state index contributed by atoms with van der Waals surface area (Å²) in [6.45, 7) is 1.75. The second-order valence-corrected chi connectivity index (χ2v) is 6.76. The molecule has 1 aliphatic carbocycles. The van der Waals surface area contributed by atoms with E-state index in [4.69, 9.17) is 4.74 Å². The Balaban J connectivity index is 1.52. The van der Waals surface area contributed by atoms with E-state index in [1.165, 1.54) is 12.8 Å². The molecule has 0 spiro atoms. The smallest absolute Gasteiger partial charge is 0.229 e. The molecule has 0 saturated heterocycles. The third-order valence-electron chi connectivity index (χ3n) is 4.57. The lowest BCUT2D eigenvalue weighted by Crippen LogP contribution is -2.16. The first-order chi connectivity index (χ1) is 13.7. The minimum absolute atomic E-state index is 0.506. The third-order valence-corrected chi connectivity index (χ3v) is 4.57. The molecule has 3 aromatic rings. The lowest BCUT2D eigenvalue weighted by molar-refractivity contribution is 0.411. The Hall–Kier alpha value is -3.20. The van der Waals surface area contributed by atoms with E-state index in [1.807, 2.05) is 31.4 Å². The van der Waals surface area contributed by atoms with E-state index >= 15 is 0 Å². The van der Waals surface area contributed by atoms with Crippen LogP contribution < -0.4 is 20.7 Å². The molecule has 4 rings (SSSR count). The topological polar surface area (TPSA) is 102 Å². The van der Waals surface area contributed by atoms with Crippen molar-refractivity contribution in [2.45, 2.75) is 19.4 Å². The largest absolute Gasteiger partial charge is 0.494 e. The maximum atomic E-state index is 5.50. The van der Waals surface area contributed by atoms with Gasteiger partial charge in [0.1, 0.15) is 17.3 Å². The summed E-state index contributed by atoms with van der Waals surface area (Å²) in [5.41, 5.74) is 2.51. The zero-order valence-corrected chi connectivity index (χ0v) is 16.0. The first-order valence-electron chi connectivity index (χ1n) is 9.33. The average Bonchev–Trinajstić information content (AvgIpc) is 3.43. The molecule has 2 aromatic heterocycles. The lowest BCUT2D eigenvalue weighted by Gasteiger charge is -2.11. The number of rotatable bonds is 9. The summed E-state index contributed by atoms with van der Waals surface area (Å²) in [6.07, 6.45) is 6.28. The first-order valence-corrected chi connectivity index (χ1v) is 9.33. The summed E-state index contributed by atoms with van der Waals surface area (Å²) >= 11 is 0. The highest BCUT2D eigenvalue weighted by Crippen LogP contribution is 2.28. The SMILES string of the molecule is CNc1ccnc(Nc2ccc(OC)c(-n3cc(CNCC4CC4)nn3)c2)n1. The van der Waals surface area contributed by atoms with Crippen LogP contribution in [0.25, 0.3) is 5.69 Å². The van der Waals surface area contributed by atoms with Crippen LogP contribution in [0, 0.1) is 5.92 Å². The van der Waals surface area contributed by atoms with Gasteiger partial charge in [0.05, 0.1) is 19.0 Å². The summed E-state index contributed by atoms with van der Waals surface area (Å²) in [5.74, 6) is 2.79. The lowest BCUT2D eigenvalue weighted by atomic mass is 10.2.